The molecule has 0 spiro atoms. The minimum Gasteiger partial charge on any atom is -0.457 e. The van der Waals surface area contributed by atoms with Gasteiger partial charge in [-0.2, -0.15) is 5.26 Å². The van der Waals surface area contributed by atoms with Gasteiger partial charge in [0.1, 0.15) is 23.2 Å². The molecule has 0 aliphatic heterocycles. The van der Waals surface area contributed by atoms with Crippen LogP contribution in [0.4, 0.5) is 11.4 Å². The van der Waals surface area contributed by atoms with Crippen LogP contribution in [0.15, 0.2) is 64.6 Å². The summed E-state index contributed by atoms with van der Waals surface area (Å²) in [5.41, 5.74) is 0.295. The van der Waals surface area contributed by atoms with Crippen LogP contribution in [0.5, 0.6) is 0 Å². The van der Waals surface area contributed by atoms with Gasteiger partial charge in [-0.05, 0) is 42.5 Å². The molecule has 1 N–H and O–H groups in total. The third-order valence-corrected chi connectivity index (χ3v) is 4.40. The summed E-state index contributed by atoms with van der Waals surface area (Å²) < 4.78 is 5.65. The summed E-state index contributed by atoms with van der Waals surface area (Å²) in [5, 5.41) is 23.3. The Labute approximate surface area is 174 Å². The molecule has 0 aliphatic rings. The van der Waals surface area contributed by atoms with Crippen molar-refractivity contribution < 1.29 is 14.1 Å². The molecule has 1 heterocycles. The first-order valence-corrected chi connectivity index (χ1v) is 8.86. The number of carbonyl (C=O) groups excluding carboxylic acids is 1. The fraction of sp³-hybridized carbons (Fsp3) is 0. The van der Waals surface area contributed by atoms with E-state index < -0.39 is 10.8 Å². The molecule has 0 atom stereocenters. The second-order valence-electron chi connectivity index (χ2n) is 5.75. The third-order valence-electron chi connectivity index (χ3n) is 3.82. The zero-order chi connectivity index (χ0) is 21.0. The number of carbonyl (C=O) groups is 1. The van der Waals surface area contributed by atoms with Gasteiger partial charge in [0, 0.05) is 28.8 Å². The highest BCUT2D eigenvalue weighted by molar-refractivity contribution is 6.34. The molecule has 29 heavy (non-hydrogen) atoms. The number of hydrogen-bond donors (Lipinski definition) is 1. The third kappa shape index (κ3) is 4.82. The Morgan fingerprint density at radius 3 is 2.52 bits per heavy atom. The molecule has 0 unspecified atom stereocenters. The number of nitro groups is 1. The van der Waals surface area contributed by atoms with Crippen molar-refractivity contribution in [1.29, 1.82) is 5.26 Å². The van der Waals surface area contributed by atoms with Crippen LogP contribution in [0.25, 0.3) is 17.4 Å². The minimum absolute atomic E-state index is 0.0216. The highest BCUT2D eigenvalue weighted by Gasteiger charge is 2.16. The van der Waals surface area contributed by atoms with Gasteiger partial charge in [-0.15, -0.1) is 0 Å². The van der Waals surface area contributed by atoms with Crippen molar-refractivity contribution in [2.75, 3.05) is 5.32 Å². The van der Waals surface area contributed by atoms with Crippen molar-refractivity contribution >= 4 is 46.6 Å². The molecular formula is C20H11Cl2N3O4. The Balaban J connectivity index is 1.83. The van der Waals surface area contributed by atoms with Crippen molar-refractivity contribution in [3.05, 3.63) is 86.1 Å². The molecule has 3 rings (SSSR count). The molecule has 9 heteroatoms. The fourth-order valence-electron chi connectivity index (χ4n) is 2.40. The number of furan rings is 1. The standard InChI is InChI=1S/C20H11Cl2N3O4/c21-14-3-1-12(2-4-14)19-8-6-16(29-19)9-13(11-23)20(26)24-18-10-15(25(27)28)5-7-17(18)22/h1-10H,(H,24,26). The molecular weight excluding hydrogens is 417 g/mol. The minimum atomic E-state index is -0.778. The summed E-state index contributed by atoms with van der Waals surface area (Å²) in [6.45, 7) is 0. The highest BCUT2D eigenvalue weighted by atomic mass is 35.5. The van der Waals surface area contributed by atoms with Gasteiger partial charge in [-0.1, -0.05) is 23.2 Å². The summed E-state index contributed by atoms with van der Waals surface area (Å²) in [5.74, 6) is 0.0403. The first-order chi connectivity index (χ1) is 13.9. The summed E-state index contributed by atoms with van der Waals surface area (Å²) >= 11 is 11.8. The number of nitrogens with zero attached hydrogens (tertiary/aromatic N) is 2. The number of anilines is 1. The van der Waals surface area contributed by atoms with Gasteiger partial charge in [0.05, 0.1) is 15.6 Å². The lowest BCUT2D eigenvalue weighted by molar-refractivity contribution is -0.384. The summed E-state index contributed by atoms with van der Waals surface area (Å²) in [7, 11) is 0. The lowest BCUT2D eigenvalue weighted by atomic mass is 10.2. The van der Waals surface area contributed by atoms with Gasteiger partial charge in [0.15, 0.2) is 0 Å². The van der Waals surface area contributed by atoms with E-state index >= 15 is 0 Å². The zero-order valence-corrected chi connectivity index (χ0v) is 16.1. The summed E-state index contributed by atoms with van der Waals surface area (Å²) in [6, 6.07) is 15.7. The maximum atomic E-state index is 12.4. The van der Waals surface area contributed by atoms with Crippen molar-refractivity contribution in [2.24, 2.45) is 0 Å². The molecule has 2 aromatic carbocycles. The van der Waals surface area contributed by atoms with Gasteiger partial charge < -0.3 is 9.73 Å². The van der Waals surface area contributed by atoms with Gasteiger partial charge in [0.25, 0.3) is 11.6 Å². The van der Waals surface area contributed by atoms with Crippen LogP contribution >= 0.6 is 23.2 Å². The Bertz CT molecular complexity index is 1160. The lowest BCUT2D eigenvalue weighted by Gasteiger charge is -2.06. The maximum Gasteiger partial charge on any atom is 0.271 e. The number of rotatable bonds is 5. The number of nitriles is 1. The highest BCUT2D eigenvalue weighted by Crippen LogP contribution is 2.28. The van der Waals surface area contributed by atoms with Gasteiger partial charge in [-0.25, -0.2) is 0 Å². The number of nitrogens with one attached hydrogen (secondary N) is 1. The van der Waals surface area contributed by atoms with Crippen LogP contribution in [0.2, 0.25) is 10.0 Å². The summed E-state index contributed by atoms with van der Waals surface area (Å²) in [4.78, 5) is 22.7. The van der Waals surface area contributed by atoms with E-state index in [4.69, 9.17) is 27.6 Å². The number of nitro benzene ring substituents is 1. The SMILES string of the molecule is N#CC(=Cc1ccc(-c2ccc(Cl)cc2)o1)C(=O)Nc1cc([N+](=O)[O-])ccc1Cl. The van der Waals surface area contributed by atoms with Crippen LogP contribution in [0.3, 0.4) is 0 Å². The molecule has 0 saturated heterocycles. The van der Waals surface area contributed by atoms with Gasteiger partial charge in [0.2, 0.25) is 0 Å². The lowest BCUT2D eigenvalue weighted by Crippen LogP contribution is -2.13. The Morgan fingerprint density at radius 2 is 1.86 bits per heavy atom. The van der Waals surface area contributed by atoms with Gasteiger partial charge in [-0.3, -0.25) is 14.9 Å². The van der Waals surface area contributed by atoms with Crippen molar-refractivity contribution in [1.82, 2.24) is 0 Å². The van der Waals surface area contributed by atoms with Gasteiger partial charge >= 0.3 is 0 Å². The molecule has 1 aromatic heterocycles. The predicted molar refractivity (Wildman–Crippen MR) is 109 cm³/mol. The van der Waals surface area contributed by atoms with Crippen molar-refractivity contribution in [2.45, 2.75) is 0 Å². The van der Waals surface area contributed by atoms with Crippen LogP contribution in [-0.2, 0) is 4.79 Å². The molecule has 7 nitrogen and oxygen atoms in total. The van der Waals surface area contributed by atoms with E-state index in [-0.39, 0.29) is 27.7 Å². The van der Waals surface area contributed by atoms with Crippen molar-refractivity contribution in [3.63, 3.8) is 0 Å². The Kier molecular flexibility index (Phi) is 5.98. The van der Waals surface area contributed by atoms with Crippen LogP contribution in [0.1, 0.15) is 5.76 Å². The predicted octanol–water partition coefficient (Wildman–Crippen LogP) is 5.71. The van der Waals surface area contributed by atoms with E-state index in [9.17, 15) is 20.2 Å². The molecule has 1 amide bonds. The average molecular weight is 428 g/mol. The first-order valence-electron chi connectivity index (χ1n) is 8.10. The van der Waals surface area contributed by atoms with Crippen LogP contribution < -0.4 is 5.32 Å². The quantitative estimate of drug-likeness (QED) is 0.242. The molecule has 0 fully saturated rings. The van der Waals surface area contributed by atoms with Crippen LogP contribution in [-0.4, -0.2) is 10.8 Å². The smallest absolute Gasteiger partial charge is 0.271 e. The first kappa shape index (κ1) is 20.1. The number of non-ortho nitro benzene ring substituents is 1. The van der Waals surface area contributed by atoms with Crippen molar-refractivity contribution in [3.8, 4) is 17.4 Å². The summed E-state index contributed by atoms with van der Waals surface area (Å²) in [6.07, 6.45) is 1.26. The number of amides is 1. The average Bonchev–Trinajstić information content (AvgIpc) is 3.16. The molecule has 144 valence electrons. The van der Waals surface area contributed by atoms with E-state index in [0.29, 0.717) is 10.8 Å². The van der Waals surface area contributed by atoms with E-state index in [1.807, 2.05) is 0 Å². The molecule has 3 aromatic rings. The second-order valence-corrected chi connectivity index (χ2v) is 6.60. The second kappa shape index (κ2) is 8.61. The number of hydrogen-bond acceptors (Lipinski definition) is 5. The number of halogens is 2. The fourth-order valence-corrected chi connectivity index (χ4v) is 2.69. The normalized spacial score (nSPS) is 11.0. The molecule has 0 bridgehead atoms. The largest absolute Gasteiger partial charge is 0.457 e. The van der Waals surface area contributed by atoms with Crippen LogP contribution in [0, 0.1) is 21.4 Å². The maximum absolute atomic E-state index is 12.4. The monoisotopic (exact) mass is 427 g/mol. The topological polar surface area (TPSA) is 109 Å². The number of benzene rings is 2. The van der Waals surface area contributed by atoms with E-state index in [2.05, 4.69) is 5.32 Å². The zero-order valence-electron chi connectivity index (χ0n) is 14.6. The molecule has 0 aliphatic carbocycles. The Morgan fingerprint density at radius 1 is 1.14 bits per heavy atom. The van der Waals surface area contributed by atoms with E-state index in [1.165, 1.54) is 18.2 Å². The molecule has 0 radical (unpaired) electrons. The Hall–Kier alpha value is -3.60. The van der Waals surface area contributed by atoms with E-state index in [1.54, 1.807) is 42.5 Å². The van der Waals surface area contributed by atoms with E-state index in [0.717, 1.165) is 11.6 Å². The molecule has 0 saturated carbocycles.